The van der Waals surface area contributed by atoms with E-state index in [0.29, 0.717) is 55.5 Å². The maximum absolute atomic E-state index is 14.5. The van der Waals surface area contributed by atoms with Gasteiger partial charge in [-0.2, -0.15) is 0 Å². The average Bonchev–Trinajstić information content (AvgIpc) is 3.72. The van der Waals surface area contributed by atoms with Crippen LogP contribution < -0.4 is 10.9 Å². The summed E-state index contributed by atoms with van der Waals surface area (Å²) in [6.45, 7) is 20.0. The Morgan fingerprint density at radius 2 is 1.12 bits per heavy atom. The summed E-state index contributed by atoms with van der Waals surface area (Å²) in [5.41, 5.74) is 2.47. The van der Waals surface area contributed by atoms with Gasteiger partial charge in [-0.05, 0) is 140 Å². The molecule has 6 rings (SSSR count). The molecule has 2 saturated heterocycles. The monoisotopic (exact) mass is 668 g/mol. The quantitative estimate of drug-likeness (QED) is 0.321. The van der Waals surface area contributed by atoms with E-state index >= 15 is 0 Å². The highest BCUT2D eigenvalue weighted by molar-refractivity contribution is 6.63. The summed E-state index contributed by atoms with van der Waals surface area (Å²) in [5.74, 6) is -1.75. The van der Waals surface area contributed by atoms with E-state index in [4.69, 9.17) is 28.1 Å². The molecule has 0 bridgehead atoms. The zero-order valence-electron chi connectivity index (χ0n) is 29.9. The SMILES string of the molecule is CCOC(=O)C1Cc2c(F)ccc(B3OC(C)(C)C(C)(C)O3)c2C1.CCOC(=O)C1Cc2cc(B3OC(C)(C)C(C)(C)O3)cc(F)c2C1. The highest BCUT2D eigenvalue weighted by atomic mass is 19.1. The molecule has 0 N–H and O–H groups in total. The number of hydrogen-bond donors (Lipinski definition) is 0. The number of fused-ring (bicyclic) bond motifs is 2. The highest BCUT2D eigenvalue weighted by Crippen LogP contribution is 2.39. The summed E-state index contributed by atoms with van der Waals surface area (Å²) in [7, 11) is -1.15. The fourth-order valence-corrected chi connectivity index (χ4v) is 6.58. The molecule has 2 aromatic carbocycles. The summed E-state index contributed by atoms with van der Waals surface area (Å²) >= 11 is 0. The van der Waals surface area contributed by atoms with Gasteiger partial charge in [0.1, 0.15) is 11.6 Å². The minimum Gasteiger partial charge on any atom is -0.466 e. The number of ether oxygens (including phenoxy) is 2. The predicted octanol–water partition coefficient (Wildman–Crippen LogP) is 4.81. The van der Waals surface area contributed by atoms with Gasteiger partial charge in [-0.1, -0.05) is 12.1 Å². The fourth-order valence-electron chi connectivity index (χ4n) is 6.58. The summed E-state index contributed by atoms with van der Waals surface area (Å²) in [6.07, 6.45) is 1.72. The van der Waals surface area contributed by atoms with E-state index in [-0.39, 0.29) is 35.4 Å². The number of rotatable bonds is 6. The molecule has 2 aliphatic carbocycles. The number of carbonyl (C=O) groups excluding carboxylic acids is 2. The molecule has 0 saturated carbocycles. The molecule has 2 aromatic rings. The Morgan fingerprint density at radius 1 is 0.667 bits per heavy atom. The van der Waals surface area contributed by atoms with E-state index < -0.39 is 36.6 Å². The first-order chi connectivity index (χ1) is 22.3. The maximum atomic E-state index is 14.5. The smallest absolute Gasteiger partial charge is 0.466 e. The van der Waals surface area contributed by atoms with Gasteiger partial charge < -0.3 is 28.1 Å². The molecule has 0 amide bonds. The van der Waals surface area contributed by atoms with Crippen LogP contribution in [0.1, 0.15) is 91.5 Å². The standard InChI is InChI=1S/2C18H24BFO4/c1-6-22-16(21)12-7-11-8-13(10-15(20)14(11)9-12)19-23-17(2,3)18(4,5)24-19;1-6-22-16(21)11-9-12-13(10-11)15(20)8-7-14(12)19-23-17(2,3)18(4,5)24-19/h8,10,12H,6-7,9H2,1-5H3;7-8,11H,6,9-10H2,1-5H3. The van der Waals surface area contributed by atoms with Crippen molar-refractivity contribution in [3.63, 3.8) is 0 Å². The van der Waals surface area contributed by atoms with Gasteiger partial charge in [0.05, 0.1) is 47.5 Å². The van der Waals surface area contributed by atoms with Crippen molar-refractivity contribution in [1.82, 2.24) is 0 Å². The van der Waals surface area contributed by atoms with Crippen molar-refractivity contribution in [1.29, 1.82) is 0 Å². The number of carbonyl (C=O) groups is 2. The van der Waals surface area contributed by atoms with Crippen LogP contribution in [0.4, 0.5) is 8.78 Å². The Bertz CT molecular complexity index is 1540. The summed E-state index contributed by atoms with van der Waals surface area (Å²) in [6, 6.07) is 6.52. The van der Waals surface area contributed by atoms with Crippen LogP contribution in [0.5, 0.6) is 0 Å². The fraction of sp³-hybridized carbons (Fsp3) is 0.611. The number of esters is 2. The average molecular weight is 668 g/mol. The van der Waals surface area contributed by atoms with E-state index in [9.17, 15) is 18.4 Å². The van der Waals surface area contributed by atoms with Gasteiger partial charge in [0, 0.05) is 0 Å². The third kappa shape index (κ3) is 6.82. The van der Waals surface area contributed by atoms with Crippen LogP contribution in [0.25, 0.3) is 0 Å². The highest BCUT2D eigenvalue weighted by Gasteiger charge is 2.54. The first kappa shape index (κ1) is 36.5. The summed E-state index contributed by atoms with van der Waals surface area (Å²) in [4.78, 5) is 24.0. The second-order valence-corrected chi connectivity index (χ2v) is 15.1. The third-order valence-electron chi connectivity index (χ3n) is 10.8. The van der Waals surface area contributed by atoms with Gasteiger partial charge in [0.2, 0.25) is 0 Å². The Hall–Kier alpha value is -2.79. The molecule has 48 heavy (non-hydrogen) atoms. The van der Waals surface area contributed by atoms with Gasteiger partial charge in [-0.25, -0.2) is 8.78 Å². The second kappa shape index (κ2) is 13.2. The molecule has 2 atom stereocenters. The van der Waals surface area contributed by atoms with Gasteiger partial charge in [-0.15, -0.1) is 0 Å². The van der Waals surface area contributed by atoms with Crippen LogP contribution in [0.3, 0.4) is 0 Å². The minimum absolute atomic E-state index is 0.259. The molecule has 0 aromatic heterocycles. The topological polar surface area (TPSA) is 89.5 Å². The van der Waals surface area contributed by atoms with Gasteiger partial charge in [-0.3, -0.25) is 9.59 Å². The first-order valence-electron chi connectivity index (χ1n) is 17.0. The normalized spacial score (nSPS) is 24.1. The molecular weight excluding hydrogens is 620 g/mol. The van der Waals surface area contributed by atoms with Gasteiger partial charge in [0.15, 0.2) is 0 Å². The van der Waals surface area contributed by atoms with E-state index in [1.165, 1.54) is 12.1 Å². The Balaban J connectivity index is 0.000000188. The lowest BCUT2D eigenvalue weighted by atomic mass is 9.75. The molecule has 2 aliphatic heterocycles. The van der Waals surface area contributed by atoms with E-state index in [1.807, 2.05) is 61.5 Å². The van der Waals surface area contributed by atoms with Crippen molar-refractivity contribution in [2.45, 2.75) is 117 Å². The van der Waals surface area contributed by atoms with Crippen molar-refractivity contribution < 1.29 is 46.5 Å². The van der Waals surface area contributed by atoms with E-state index in [0.717, 1.165) is 16.6 Å². The van der Waals surface area contributed by atoms with Crippen molar-refractivity contribution in [3.8, 4) is 0 Å². The van der Waals surface area contributed by atoms with Crippen molar-refractivity contribution in [2.75, 3.05) is 13.2 Å². The number of benzene rings is 2. The van der Waals surface area contributed by atoms with Gasteiger partial charge >= 0.3 is 26.2 Å². The third-order valence-corrected chi connectivity index (χ3v) is 10.8. The molecular formula is C36H48B2F2O8. The van der Waals surface area contributed by atoms with E-state index in [1.54, 1.807) is 19.9 Å². The molecule has 2 fully saturated rings. The van der Waals surface area contributed by atoms with Crippen LogP contribution in [0.15, 0.2) is 24.3 Å². The molecule has 260 valence electrons. The van der Waals surface area contributed by atoms with Crippen molar-refractivity contribution in [3.05, 3.63) is 58.2 Å². The van der Waals surface area contributed by atoms with Crippen molar-refractivity contribution >= 4 is 37.1 Å². The van der Waals surface area contributed by atoms with Crippen LogP contribution in [-0.2, 0) is 63.4 Å². The maximum Gasteiger partial charge on any atom is 0.495 e. The van der Waals surface area contributed by atoms with Gasteiger partial charge in [0.25, 0.3) is 0 Å². The Labute approximate surface area is 283 Å². The number of halogens is 2. The summed E-state index contributed by atoms with van der Waals surface area (Å²) in [5, 5.41) is 0. The molecule has 12 heteroatoms. The van der Waals surface area contributed by atoms with Crippen molar-refractivity contribution in [2.24, 2.45) is 11.8 Å². The molecule has 2 unspecified atom stereocenters. The summed E-state index contributed by atoms with van der Waals surface area (Å²) < 4.78 is 63.2. The minimum atomic E-state index is -0.601. The Kier molecular flexibility index (Phi) is 10.0. The molecule has 0 spiro atoms. The Morgan fingerprint density at radius 3 is 1.65 bits per heavy atom. The molecule has 4 aliphatic rings. The van der Waals surface area contributed by atoms with Crippen LogP contribution >= 0.6 is 0 Å². The van der Waals surface area contributed by atoms with Crippen LogP contribution in [-0.4, -0.2) is 61.8 Å². The molecule has 8 nitrogen and oxygen atoms in total. The molecule has 0 radical (unpaired) electrons. The zero-order valence-corrected chi connectivity index (χ0v) is 29.9. The predicted molar refractivity (Wildman–Crippen MR) is 179 cm³/mol. The molecule has 2 heterocycles. The lowest BCUT2D eigenvalue weighted by Gasteiger charge is -2.32. The lowest BCUT2D eigenvalue weighted by Crippen LogP contribution is -2.41. The zero-order chi connectivity index (χ0) is 35.4. The largest absolute Gasteiger partial charge is 0.495 e. The van der Waals surface area contributed by atoms with Crippen LogP contribution in [0.2, 0.25) is 0 Å². The number of hydrogen-bond acceptors (Lipinski definition) is 8. The first-order valence-corrected chi connectivity index (χ1v) is 17.0. The van der Waals surface area contributed by atoms with Crippen LogP contribution in [0, 0.1) is 23.5 Å². The van der Waals surface area contributed by atoms with E-state index in [2.05, 4.69) is 0 Å². The second-order valence-electron chi connectivity index (χ2n) is 15.1. The lowest BCUT2D eigenvalue weighted by molar-refractivity contribution is -0.148.